The Morgan fingerprint density at radius 2 is 2.22 bits per heavy atom. The maximum Gasteiger partial charge on any atom is 0.333 e. The molecule has 0 aromatic rings. The summed E-state index contributed by atoms with van der Waals surface area (Å²) in [7, 11) is 0. The van der Waals surface area contributed by atoms with Crippen LogP contribution in [0.4, 0.5) is 0 Å². The highest BCUT2D eigenvalue weighted by Gasteiger charge is 2.64. The van der Waals surface area contributed by atoms with Crippen LogP contribution in [0.2, 0.25) is 0 Å². The predicted molar refractivity (Wildman–Crippen MR) is 61.3 cm³/mol. The molecule has 0 aliphatic carbocycles. The van der Waals surface area contributed by atoms with Gasteiger partial charge >= 0.3 is 11.9 Å². The Morgan fingerprint density at radius 1 is 1.61 bits per heavy atom. The Balaban J connectivity index is 2.58. The van der Waals surface area contributed by atoms with Crippen molar-refractivity contribution in [3.8, 4) is 0 Å². The van der Waals surface area contributed by atoms with E-state index >= 15 is 0 Å². The highest BCUT2D eigenvalue weighted by molar-refractivity contribution is 5.87. The lowest BCUT2D eigenvalue weighted by Gasteiger charge is -2.15. The summed E-state index contributed by atoms with van der Waals surface area (Å²) in [6, 6.07) is 0. The quantitative estimate of drug-likeness (QED) is 0.418. The number of hydrogen-bond acceptors (Lipinski definition) is 6. The lowest BCUT2D eigenvalue weighted by molar-refractivity contribution is -0.143. The molecule has 0 spiro atoms. The molecular weight excluding hydrogens is 240 g/mol. The number of hydrogen-bond donors (Lipinski definition) is 1. The van der Waals surface area contributed by atoms with Crippen LogP contribution in [0.25, 0.3) is 0 Å². The van der Waals surface area contributed by atoms with Gasteiger partial charge in [0.25, 0.3) is 0 Å². The first-order valence-electron chi connectivity index (χ1n) is 5.35. The van der Waals surface area contributed by atoms with Crippen LogP contribution in [0, 0.1) is 0 Å². The Kier molecular flexibility index (Phi) is 4.26. The van der Waals surface area contributed by atoms with Crippen molar-refractivity contribution in [3.63, 3.8) is 0 Å². The summed E-state index contributed by atoms with van der Waals surface area (Å²) in [4.78, 5) is 22.2. The Morgan fingerprint density at radius 3 is 2.67 bits per heavy atom. The van der Waals surface area contributed by atoms with Crippen molar-refractivity contribution in [2.45, 2.75) is 31.8 Å². The molecule has 0 aromatic carbocycles. The predicted octanol–water partition coefficient (Wildman–Crippen LogP) is 0.311. The SMILES string of the molecule is C=CC(=O)OC1OC1(COC(=O)C(=C)C)C(C)O. The van der Waals surface area contributed by atoms with Crippen molar-refractivity contribution >= 4 is 11.9 Å². The monoisotopic (exact) mass is 256 g/mol. The topological polar surface area (TPSA) is 85.4 Å². The van der Waals surface area contributed by atoms with Crippen molar-refractivity contribution in [3.05, 3.63) is 24.8 Å². The number of ether oxygens (including phenoxy) is 3. The number of rotatable bonds is 6. The fourth-order valence-electron chi connectivity index (χ4n) is 1.26. The van der Waals surface area contributed by atoms with Crippen LogP contribution in [0.3, 0.4) is 0 Å². The fourth-order valence-corrected chi connectivity index (χ4v) is 1.26. The van der Waals surface area contributed by atoms with Gasteiger partial charge in [-0.05, 0) is 13.8 Å². The van der Waals surface area contributed by atoms with Gasteiger partial charge in [-0.25, -0.2) is 9.59 Å². The molecule has 3 unspecified atom stereocenters. The van der Waals surface area contributed by atoms with Crippen LogP contribution in [0.1, 0.15) is 13.8 Å². The van der Waals surface area contributed by atoms with Crippen LogP contribution in [0.5, 0.6) is 0 Å². The summed E-state index contributed by atoms with van der Waals surface area (Å²) < 4.78 is 14.8. The molecule has 1 N–H and O–H groups in total. The Bertz CT molecular complexity index is 386. The molecule has 0 bridgehead atoms. The summed E-state index contributed by atoms with van der Waals surface area (Å²) in [5, 5.41) is 9.59. The number of carbonyl (C=O) groups is 2. The smallest absolute Gasteiger partial charge is 0.333 e. The number of carbonyl (C=O) groups excluding carboxylic acids is 2. The average molecular weight is 256 g/mol. The molecule has 1 saturated heterocycles. The standard InChI is InChI=1S/C12H16O6/c1-5-9(14)17-11-12(18-11,8(4)13)6-16-10(15)7(2)3/h5,8,11,13H,1-2,6H2,3-4H3. The summed E-state index contributed by atoms with van der Waals surface area (Å²) in [6.07, 6.45) is -0.923. The maximum atomic E-state index is 11.2. The second kappa shape index (κ2) is 5.32. The first-order chi connectivity index (χ1) is 8.33. The first kappa shape index (κ1) is 14.4. The van der Waals surface area contributed by atoms with Crippen LogP contribution in [-0.4, -0.2) is 41.6 Å². The molecule has 0 saturated carbocycles. The molecule has 1 fully saturated rings. The van der Waals surface area contributed by atoms with Gasteiger partial charge < -0.3 is 19.3 Å². The Hall–Kier alpha value is -1.66. The molecule has 0 radical (unpaired) electrons. The maximum absolute atomic E-state index is 11.2. The molecule has 1 aliphatic rings. The molecule has 0 amide bonds. The normalized spacial score (nSPS) is 26.9. The number of epoxide rings is 1. The van der Waals surface area contributed by atoms with E-state index in [0.717, 1.165) is 6.08 Å². The van der Waals surface area contributed by atoms with Gasteiger partial charge in [0.15, 0.2) is 5.60 Å². The van der Waals surface area contributed by atoms with Crippen LogP contribution < -0.4 is 0 Å². The van der Waals surface area contributed by atoms with Gasteiger partial charge in [-0.15, -0.1) is 0 Å². The number of esters is 2. The van der Waals surface area contributed by atoms with E-state index in [1.165, 1.54) is 13.8 Å². The number of aliphatic hydroxyl groups is 1. The molecule has 18 heavy (non-hydrogen) atoms. The molecule has 3 atom stereocenters. The molecule has 6 heteroatoms. The van der Waals surface area contributed by atoms with E-state index in [2.05, 4.69) is 13.2 Å². The molecule has 1 rings (SSSR count). The van der Waals surface area contributed by atoms with Gasteiger partial charge in [0, 0.05) is 11.6 Å². The molecule has 100 valence electrons. The van der Waals surface area contributed by atoms with E-state index in [9.17, 15) is 14.7 Å². The zero-order valence-electron chi connectivity index (χ0n) is 10.3. The minimum atomic E-state index is -1.20. The third kappa shape index (κ3) is 2.96. The van der Waals surface area contributed by atoms with E-state index in [1.807, 2.05) is 0 Å². The third-order valence-electron chi connectivity index (χ3n) is 2.54. The lowest BCUT2D eigenvalue weighted by atomic mass is 10.1. The van der Waals surface area contributed by atoms with Crippen molar-refractivity contribution in [1.29, 1.82) is 0 Å². The van der Waals surface area contributed by atoms with Crippen molar-refractivity contribution in [2.24, 2.45) is 0 Å². The minimum Gasteiger partial charge on any atom is -0.459 e. The molecule has 1 heterocycles. The van der Waals surface area contributed by atoms with E-state index < -0.39 is 29.9 Å². The van der Waals surface area contributed by atoms with Gasteiger partial charge in [0.05, 0.1) is 6.10 Å². The second-order valence-electron chi connectivity index (χ2n) is 4.08. The van der Waals surface area contributed by atoms with E-state index in [1.54, 1.807) is 0 Å². The molecular formula is C12H16O6. The summed E-state index contributed by atoms with van der Waals surface area (Å²) in [5.41, 5.74) is -0.972. The van der Waals surface area contributed by atoms with Gasteiger partial charge in [0.2, 0.25) is 6.29 Å². The Labute approximate surface area is 105 Å². The third-order valence-corrected chi connectivity index (χ3v) is 2.54. The zero-order valence-corrected chi connectivity index (χ0v) is 10.3. The highest BCUT2D eigenvalue weighted by atomic mass is 16.8. The van der Waals surface area contributed by atoms with Crippen molar-refractivity contribution in [1.82, 2.24) is 0 Å². The van der Waals surface area contributed by atoms with E-state index in [4.69, 9.17) is 14.2 Å². The van der Waals surface area contributed by atoms with E-state index in [0.29, 0.717) is 0 Å². The fraction of sp³-hybridized carbons (Fsp3) is 0.500. The van der Waals surface area contributed by atoms with Crippen LogP contribution >= 0.6 is 0 Å². The number of aliphatic hydroxyl groups excluding tert-OH is 1. The molecule has 0 aromatic heterocycles. The van der Waals surface area contributed by atoms with Crippen molar-refractivity contribution < 1.29 is 28.9 Å². The summed E-state index contributed by atoms with van der Waals surface area (Å²) >= 11 is 0. The molecule has 1 aliphatic heterocycles. The first-order valence-corrected chi connectivity index (χ1v) is 5.35. The van der Waals surface area contributed by atoms with Crippen molar-refractivity contribution in [2.75, 3.05) is 6.61 Å². The summed E-state index contributed by atoms with van der Waals surface area (Å²) in [5.74, 6) is -1.27. The lowest BCUT2D eigenvalue weighted by Crippen LogP contribution is -2.37. The van der Waals surface area contributed by atoms with Gasteiger partial charge in [0.1, 0.15) is 6.61 Å². The average Bonchev–Trinajstić information content (AvgIpc) is 3.00. The van der Waals surface area contributed by atoms with E-state index in [-0.39, 0.29) is 12.2 Å². The second-order valence-corrected chi connectivity index (χ2v) is 4.08. The highest BCUT2D eigenvalue weighted by Crippen LogP contribution is 2.41. The van der Waals surface area contributed by atoms with Crippen LogP contribution in [-0.2, 0) is 23.8 Å². The minimum absolute atomic E-state index is 0.217. The van der Waals surface area contributed by atoms with Gasteiger partial charge in [-0.3, -0.25) is 0 Å². The van der Waals surface area contributed by atoms with Crippen LogP contribution in [0.15, 0.2) is 24.8 Å². The molecule has 6 nitrogen and oxygen atoms in total. The summed E-state index contributed by atoms with van der Waals surface area (Å²) in [6.45, 7) is 9.41. The largest absolute Gasteiger partial charge is 0.459 e. The van der Waals surface area contributed by atoms with Gasteiger partial charge in [-0.1, -0.05) is 13.2 Å². The zero-order chi connectivity index (χ0) is 13.9. The van der Waals surface area contributed by atoms with Gasteiger partial charge in [-0.2, -0.15) is 0 Å².